The monoisotopic (exact) mass is 332 g/mol. The lowest BCUT2D eigenvalue weighted by Gasteiger charge is -2.15. The Morgan fingerprint density at radius 1 is 1.32 bits per heavy atom. The fourth-order valence-electron chi connectivity index (χ4n) is 1.94. The van der Waals surface area contributed by atoms with Crippen LogP contribution in [0.2, 0.25) is 0 Å². The van der Waals surface area contributed by atoms with Gasteiger partial charge in [-0.25, -0.2) is 4.39 Å². The number of halogens is 2. The molecule has 0 aliphatic heterocycles. The molecule has 1 aromatic carbocycles. The molecule has 0 aliphatic carbocycles. The zero-order valence-electron chi connectivity index (χ0n) is 13.0. The van der Waals surface area contributed by atoms with Crippen LogP contribution >= 0.6 is 12.4 Å². The summed E-state index contributed by atoms with van der Waals surface area (Å²) in [6.45, 7) is 2.96. The van der Waals surface area contributed by atoms with Crippen molar-refractivity contribution in [3.05, 3.63) is 30.1 Å². The van der Waals surface area contributed by atoms with Crippen molar-refractivity contribution in [2.24, 2.45) is 5.73 Å². The van der Waals surface area contributed by atoms with Gasteiger partial charge in [0.1, 0.15) is 17.7 Å². The molecule has 0 fully saturated rings. The molecule has 0 saturated heterocycles. The highest BCUT2D eigenvalue weighted by molar-refractivity contribution is 5.85. The number of carbonyl (C=O) groups excluding carboxylic acids is 1. The lowest BCUT2D eigenvalue weighted by Crippen LogP contribution is -2.33. The quantitative estimate of drug-likeness (QED) is 0.647. The van der Waals surface area contributed by atoms with Gasteiger partial charge in [-0.05, 0) is 38.4 Å². The van der Waals surface area contributed by atoms with Gasteiger partial charge in [0.25, 0.3) is 0 Å². The minimum Gasteiger partial charge on any atom is -0.489 e. The van der Waals surface area contributed by atoms with Crippen LogP contribution in [0.15, 0.2) is 24.3 Å². The first-order valence-electron chi connectivity index (χ1n) is 7.51. The lowest BCUT2D eigenvalue weighted by molar-refractivity contribution is -0.121. The number of hydrogen-bond acceptors (Lipinski definition) is 3. The van der Waals surface area contributed by atoms with Crippen LogP contribution in [0.5, 0.6) is 5.75 Å². The van der Waals surface area contributed by atoms with E-state index in [1.54, 1.807) is 12.1 Å². The largest absolute Gasteiger partial charge is 0.489 e. The first kappa shape index (κ1) is 20.7. The van der Waals surface area contributed by atoms with E-state index in [0.29, 0.717) is 25.3 Å². The summed E-state index contributed by atoms with van der Waals surface area (Å²) < 4.78 is 18.5. The van der Waals surface area contributed by atoms with E-state index in [0.717, 1.165) is 25.7 Å². The summed E-state index contributed by atoms with van der Waals surface area (Å²) in [5.74, 6) is 0.164. The van der Waals surface area contributed by atoms with Gasteiger partial charge >= 0.3 is 0 Å². The first-order valence-corrected chi connectivity index (χ1v) is 7.51. The SMILES string of the molecule is CC(CNC(=O)CCCCCCN)Oc1cccc(F)c1.Cl. The average Bonchev–Trinajstić information content (AvgIpc) is 2.45. The molecule has 0 spiro atoms. The van der Waals surface area contributed by atoms with E-state index in [9.17, 15) is 9.18 Å². The number of rotatable bonds is 10. The van der Waals surface area contributed by atoms with Gasteiger partial charge in [-0.15, -0.1) is 12.4 Å². The minimum absolute atomic E-state index is 0. The van der Waals surface area contributed by atoms with Crippen molar-refractivity contribution in [2.75, 3.05) is 13.1 Å². The number of ether oxygens (including phenoxy) is 1. The maximum absolute atomic E-state index is 13.0. The van der Waals surface area contributed by atoms with Gasteiger partial charge in [-0.2, -0.15) is 0 Å². The molecular weight excluding hydrogens is 307 g/mol. The molecule has 0 radical (unpaired) electrons. The van der Waals surface area contributed by atoms with Gasteiger partial charge in [0.05, 0.1) is 6.54 Å². The van der Waals surface area contributed by atoms with Gasteiger partial charge in [-0.3, -0.25) is 4.79 Å². The minimum atomic E-state index is -0.332. The average molecular weight is 333 g/mol. The second-order valence-corrected chi connectivity index (χ2v) is 5.14. The summed E-state index contributed by atoms with van der Waals surface area (Å²) in [6.07, 6.45) is 4.32. The maximum Gasteiger partial charge on any atom is 0.220 e. The van der Waals surface area contributed by atoms with Crippen molar-refractivity contribution < 1.29 is 13.9 Å². The molecule has 126 valence electrons. The fraction of sp³-hybridized carbons (Fsp3) is 0.562. The predicted molar refractivity (Wildman–Crippen MR) is 88.9 cm³/mol. The van der Waals surface area contributed by atoms with Crippen LogP contribution < -0.4 is 15.8 Å². The van der Waals surface area contributed by atoms with Gasteiger partial charge in [-0.1, -0.05) is 18.9 Å². The third-order valence-electron chi connectivity index (χ3n) is 3.08. The number of nitrogens with one attached hydrogen (secondary N) is 1. The number of amides is 1. The zero-order chi connectivity index (χ0) is 15.5. The van der Waals surface area contributed by atoms with Crippen molar-refractivity contribution in [3.8, 4) is 5.75 Å². The van der Waals surface area contributed by atoms with Crippen molar-refractivity contribution in [1.29, 1.82) is 0 Å². The van der Waals surface area contributed by atoms with Crippen molar-refractivity contribution in [1.82, 2.24) is 5.32 Å². The normalized spacial score (nSPS) is 11.4. The molecule has 4 nitrogen and oxygen atoms in total. The summed E-state index contributed by atoms with van der Waals surface area (Å²) in [5.41, 5.74) is 5.41. The third kappa shape index (κ3) is 9.58. The molecule has 0 aromatic heterocycles. The second kappa shape index (κ2) is 12.2. The summed E-state index contributed by atoms with van der Waals surface area (Å²) in [5, 5.41) is 2.83. The molecule has 22 heavy (non-hydrogen) atoms. The van der Waals surface area contributed by atoms with E-state index < -0.39 is 0 Å². The predicted octanol–water partition coefficient (Wildman–Crippen LogP) is 3.04. The number of nitrogens with two attached hydrogens (primary N) is 1. The molecule has 0 heterocycles. The molecule has 0 saturated carbocycles. The standard InChI is InChI=1S/C16H25FN2O2.ClH/c1-13(21-15-8-6-7-14(17)11-15)12-19-16(20)9-4-2-3-5-10-18;/h6-8,11,13H,2-5,9-10,12,18H2,1H3,(H,19,20);1H. The number of hydrogen-bond donors (Lipinski definition) is 2. The highest BCUT2D eigenvalue weighted by Gasteiger charge is 2.07. The van der Waals surface area contributed by atoms with Gasteiger partial charge in [0, 0.05) is 12.5 Å². The topological polar surface area (TPSA) is 64.4 Å². The van der Waals surface area contributed by atoms with Crippen LogP contribution in [0, 0.1) is 5.82 Å². The summed E-state index contributed by atoms with van der Waals surface area (Å²) in [7, 11) is 0. The van der Waals surface area contributed by atoms with Crippen LogP contribution in [0.4, 0.5) is 4.39 Å². The Kier molecular flexibility index (Phi) is 11.5. The van der Waals surface area contributed by atoms with Crippen LogP contribution in [-0.2, 0) is 4.79 Å². The summed E-state index contributed by atoms with van der Waals surface area (Å²) >= 11 is 0. The molecule has 1 rings (SSSR count). The Morgan fingerprint density at radius 3 is 2.73 bits per heavy atom. The van der Waals surface area contributed by atoms with E-state index in [1.807, 2.05) is 6.92 Å². The molecular formula is C16H26ClFN2O2. The van der Waals surface area contributed by atoms with Gasteiger partial charge in [0.2, 0.25) is 5.91 Å². The highest BCUT2D eigenvalue weighted by atomic mass is 35.5. The molecule has 3 N–H and O–H groups in total. The number of unbranched alkanes of at least 4 members (excludes halogenated alkanes) is 3. The lowest BCUT2D eigenvalue weighted by atomic mass is 10.1. The second-order valence-electron chi connectivity index (χ2n) is 5.14. The van der Waals surface area contributed by atoms with Crippen molar-refractivity contribution >= 4 is 18.3 Å². The van der Waals surface area contributed by atoms with E-state index in [1.165, 1.54) is 12.1 Å². The van der Waals surface area contributed by atoms with Crippen LogP contribution in [0.25, 0.3) is 0 Å². The van der Waals surface area contributed by atoms with Gasteiger partial charge < -0.3 is 15.8 Å². The Labute approximate surface area is 138 Å². The third-order valence-corrected chi connectivity index (χ3v) is 3.08. The number of carbonyl (C=O) groups is 1. The molecule has 0 aliphatic rings. The summed E-state index contributed by atoms with van der Waals surface area (Å²) in [4.78, 5) is 11.6. The molecule has 6 heteroatoms. The molecule has 1 atom stereocenters. The van der Waals surface area contributed by atoms with Crippen LogP contribution in [0.3, 0.4) is 0 Å². The fourth-order valence-corrected chi connectivity index (χ4v) is 1.94. The highest BCUT2D eigenvalue weighted by Crippen LogP contribution is 2.13. The molecule has 1 aromatic rings. The Hall–Kier alpha value is -1.33. The maximum atomic E-state index is 13.0. The van der Waals surface area contributed by atoms with Crippen LogP contribution in [-0.4, -0.2) is 25.1 Å². The smallest absolute Gasteiger partial charge is 0.220 e. The van der Waals surface area contributed by atoms with Crippen molar-refractivity contribution in [2.45, 2.75) is 45.1 Å². The number of benzene rings is 1. The van der Waals surface area contributed by atoms with E-state index >= 15 is 0 Å². The Bertz CT molecular complexity index is 432. The molecule has 1 unspecified atom stereocenters. The van der Waals surface area contributed by atoms with E-state index in [2.05, 4.69) is 5.32 Å². The zero-order valence-corrected chi connectivity index (χ0v) is 13.8. The van der Waals surface area contributed by atoms with Crippen molar-refractivity contribution in [3.63, 3.8) is 0 Å². The van der Waals surface area contributed by atoms with Crippen LogP contribution in [0.1, 0.15) is 39.0 Å². The molecule has 0 bridgehead atoms. The summed E-state index contributed by atoms with van der Waals surface area (Å²) in [6, 6.07) is 5.98. The Balaban J connectivity index is 0.00000441. The van der Waals surface area contributed by atoms with E-state index in [-0.39, 0.29) is 30.2 Å². The Morgan fingerprint density at radius 2 is 2.05 bits per heavy atom. The van der Waals surface area contributed by atoms with E-state index in [4.69, 9.17) is 10.5 Å². The van der Waals surface area contributed by atoms with Gasteiger partial charge in [0.15, 0.2) is 0 Å². The first-order chi connectivity index (χ1) is 10.1. The molecule has 1 amide bonds.